The maximum atomic E-state index is 13.1. The number of carbonyl (C=O) groups excluding carboxylic acids is 1. The van der Waals surface area contributed by atoms with Crippen LogP contribution in [0.3, 0.4) is 0 Å². The van der Waals surface area contributed by atoms with Crippen LogP contribution in [0.25, 0.3) is 21.7 Å². The fraction of sp³-hybridized carbons (Fsp3) is 0.348. The molecule has 1 atom stereocenters. The summed E-state index contributed by atoms with van der Waals surface area (Å²) in [6, 6.07) is 10.2. The Labute approximate surface area is 184 Å². The molecule has 0 amide bonds. The maximum absolute atomic E-state index is 13.1. The van der Waals surface area contributed by atoms with Crippen molar-refractivity contribution < 1.29 is 9.32 Å². The first kappa shape index (κ1) is 19.8. The zero-order chi connectivity index (χ0) is 21.4. The molecule has 0 bridgehead atoms. The van der Waals surface area contributed by atoms with Crippen LogP contribution in [0.4, 0.5) is 5.13 Å². The number of ketones is 1. The summed E-state index contributed by atoms with van der Waals surface area (Å²) in [5, 5.41) is 4.82. The first-order valence-corrected chi connectivity index (χ1v) is 11.3. The molecule has 0 spiro atoms. The summed E-state index contributed by atoms with van der Waals surface area (Å²) in [4.78, 5) is 28.7. The fourth-order valence-corrected chi connectivity index (χ4v) is 5.16. The van der Waals surface area contributed by atoms with Crippen LogP contribution in [0.1, 0.15) is 36.3 Å². The Balaban J connectivity index is 1.34. The third kappa shape index (κ3) is 3.95. The number of fused-ring (bicyclic) bond motifs is 1. The van der Waals surface area contributed by atoms with Gasteiger partial charge in [-0.3, -0.25) is 4.79 Å². The number of thiazole rings is 1. The predicted molar refractivity (Wildman–Crippen MR) is 120 cm³/mol. The van der Waals surface area contributed by atoms with Gasteiger partial charge in [0.2, 0.25) is 11.7 Å². The van der Waals surface area contributed by atoms with Crippen molar-refractivity contribution in [3.8, 4) is 11.4 Å². The van der Waals surface area contributed by atoms with Crippen molar-refractivity contribution in [2.75, 3.05) is 11.4 Å². The highest BCUT2D eigenvalue weighted by atomic mass is 32.1. The van der Waals surface area contributed by atoms with Crippen molar-refractivity contribution in [3.05, 3.63) is 53.5 Å². The Bertz CT molecular complexity index is 1250. The quantitative estimate of drug-likeness (QED) is 0.442. The van der Waals surface area contributed by atoms with Crippen LogP contribution in [-0.4, -0.2) is 38.5 Å². The van der Waals surface area contributed by atoms with E-state index in [9.17, 15) is 4.79 Å². The number of pyridine rings is 1. The molecule has 4 heterocycles. The second kappa shape index (κ2) is 8.19. The molecule has 31 heavy (non-hydrogen) atoms. The van der Waals surface area contributed by atoms with Crippen molar-refractivity contribution in [2.24, 2.45) is 0 Å². The Kier molecular flexibility index (Phi) is 5.23. The largest absolute Gasteiger partial charge is 0.339 e. The van der Waals surface area contributed by atoms with Crippen molar-refractivity contribution in [2.45, 2.75) is 45.6 Å². The van der Waals surface area contributed by atoms with E-state index < -0.39 is 0 Å². The van der Waals surface area contributed by atoms with Gasteiger partial charge in [0.15, 0.2) is 16.6 Å². The first-order valence-electron chi connectivity index (χ1n) is 10.5. The van der Waals surface area contributed by atoms with Gasteiger partial charge in [0.05, 0.1) is 10.7 Å². The van der Waals surface area contributed by atoms with Crippen molar-refractivity contribution in [1.82, 2.24) is 20.1 Å². The lowest BCUT2D eigenvalue weighted by molar-refractivity contribution is -0.120. The molecule has 1 aliphatic heterocycles. The minimum absolute atomic E-state index is 0.107. The van der Waals surface area contributed by atoms with Gasteiger partial charge >= 0.3 is 0 Å². The number of nitrogens with zero attached hydrogens (tertiary/aromatic N) is 5. The van der Waals surface area contributed by atoms with Gasteiger partial charge in [-0.1, -0.05) is 40.8 Å². The van der Waals surface area contributed by atoms with Crippen LogP contribution < -0.4 is 4.90 Å². The monoisotopic (exact) mass is 433 g/mol. The molecule has 158 valence electrons. The van der Waals surface area contributed by atoms with Crippen molar-refractivity contribution >= 4 is 32.6 Å². The molecule has 4 aromatic rings. The highest BCUT2D eigenvalue weighted by molar-refractivity contribution is 7.22. The lowest BCUT2D eigenvalue weighted by Crippen LogP contribution is -2.36. The Morgan fingerprint density at radius 2 is 2.13 bits per heavy atom. The number of hydrogen-bond acceptors (Lipinski definition) is 8. The number of benzene rings is 1. The van der Waals surface area contributed by atoms with Crippen LogP contribution in [-0.2, 0) is 11.2 Å². The molecular formula is C23H23N5O2S. The summed E-state index contributed by atoms with van der Waals surface area (Å²) < 4.78 is 6.03. The molecule has 3 aromatic heterocycles. The van der Waals surface area contributed by atoms with Gasteiger partial charge in [-0.25, -0.2) is 4.98 Å². The number of aromatic nitrogens is 4. The van der Waals surface area contributed by atoms with Crippen LogP contribution in [0.2, 0.25) is 0 Å². The smallest absolute Gasteiger partial charge is 0.223 e. The average molecular weight is 434 g/mol. The van der Waals surface area contributed by atoms with E-state index in [0.29, 0.717) is 23.8 Å². The third-order valence-electron chi connectivity index (χ3n) is 5.79. The molecule has 5 rings (SSSR count). The van der Waals surface area contributed by atoms with E-state index in [-0.39, 0.29) is 11.8 Å². The summed E-state index contributed by atoms with van der Waals surface area (Å²) in [5.41, 5.74) is 3.96. The molecule has 1 fully saturated rings. The molecule has 1 aromatic carbocycles. The van der Waals surface area contributed by atoms with E-state index in [1.165, 1.54) is 11.1 Å². The number of hydrogen-bond donors (Lipinski definition) is 0. The number of rotatable bonds is 6. The van der Waals surface area contributed by atoms with Gasteiger partial charge in [0.25, 0.3) is 0 Å². The SMILES string of the molecule is Cc1nc(-c2cnc3nc(N4CCC[C@@H]4C(=O)CCc4ccccc4C)sc3c2)no1. The highest BCUT2D eigenvalue weighted by Crippen LogP contribution is 2.34. The lowest BCUT2D eigenvalue weighted by Gasteiger charge is -2.22. The van der Waals surface area contributed by atoms with E-state index in [1.54, 1.807) is 24.5 Å². The number of aryl methyl sites for hydroxylation is 3. The van der Waals surface area contributed by atoms with E-state index in [1.807, 2.05) is 18.2 Å². The molecule has 0 unspecified atom stereocenters. The summed E-state index contributed by atoms with van der Waals surface area (Å²) in [6.07, 6.45) is 4.92. The lowest BCUT2D eigenvalue weighted by atomic mass is 9.99. The Morgan fingerprint density at radius 1 is 1.26 bits per heavy atom. The van der Waals surface area contributed by atoms with Crippen molar-refractivity contribution in [1.29, 1.82) is 0 Å². The second-order valence-electron chi connectivity index (χ2n) is 7.92. The fourth-order valence-electron chi connectivity index (χ4n) is 4.12. The molecule has 8 heteroatoms. The van der Waals surface area contributed by atoms with Gasteiger partial charge in [-0.05, 0) is 43.4 Å². The standard InChI is InChI=1S/C23H23N5O2S/c1-14-6-3-4-7-16(14)9-10-19(29)18-8-5-11-28(18)23-26-22-20(31-23)12-17(13-24-22)21-25-15(2)30-27-21/h3-4,6-7,12-13,18H,5,8-11H2,1-2H3/t18-/m1/s1. The summed E-state index contributed by atoms with van der Waals surface area (Å²) in [5.74, 6) is 1.33. The molecule has 1 saturated heterocycles. The molecule has 0 saturated carbocycles. The minimum Gasteiger partial charge on any atom is -0.339 e. The molecule has 0 N–H and O–H groups in total. The van der Waals surface area contributed by atoms with Crippen LogP contribution in [0, 0.1) is 13.8 Å². The van der Waals surface area contributed by atoms with E-state index in [4.69, 9.17) is 9.51 Å². The Hall–Kier alpha value is -3.13. The molecule has 1 aliphatic rings. The Morgan fingerprint density at radius 3 is 2.94 bits per heavy atom. The zero-order valence-electron chi connectivity index (χ0n) is 17.5. The molecular weight excluding hydrogens is 410 g/mol. The topological polar surface area (TPSA) is 85.0 Å². The highest BCUT2D eigenvalue weighted by Gasteiger charge is 2.32. The zero-order valence-corrected chi connectivity index (χ0v) is 18.4. The molecule has 7 nitrogen and oxygen atoms in total. The van der Waals surface area contributed by atoms with E-state index in [0.717, 1.165) is 41.2 Å². The van der Waals surface area contributed by atoms with Gasteiger partial charge in [-0.2, -0.15) is 9.97 Å². The summed E-state index contributed by atoms with van der Waals surface area (Å²) in [7, 11) is 0. The van der Waals surface area contributed by atoms with Gasteiger partial charge < -0.3 is 9.42 Å². The summed E-state index contributed by atoms with van der Waals surface area (Å²) >= 11 is 1.56. The third-order valence-corrected chi connectivity index (χ3v) is 6.82. The predicted octanol–water partition coefficient (Wildman–Crippen LogP) is 4.53. The normalized spacial score (nSPS) is 16.3. The maximum Gasteiger partial charge on any atom is 0.223 e. The summed E-state index contributed by atoms with van der Waals surface area (Å²) in [6.45, 7) is 4.70. The first-order chi connectivity index (χ1) is 15.1. The average Bonchev–Trinajstić information content (AvgIpc) is 3.51. The van der Waals surface area contributed by atoms with Crippen LogP contribution in [0.5, 0.6) is 0 Å². The van der Waals surface area contributed by atoms with Gasteiger partial charge in [0.1, 0.15) is 0 Å². The molecule has 0 radical (unpaired) electrons. The number of Topliss-reactive ketones (excluding diaryl/α,β-unsaturated/α-hetero) is 1. The number of anilines is 1. The van der Waals surface area contributed by atoms with Gasteiger partial charge in [0, 0.05) is 31.6 Å². The van der Waals surface area contributed by atoms with Gasteiger partial charge in [-0.15, -0.1) is 0 Å². The second-order valence-corrected chi connectivity index (χ2v) is 8.93. The van der Waals surface area contributed by atoms with Crippen molar-refractivity contribution in [3.63, 3.8) is 0 Å². The van der Waals surface area contributed by atoms with Crippen LogP contribution in [0.15, 0.2) is 41.1 Å². The molecule has 0 aliphatic carbocycles. The minimum atomic E-state index is -0.107. The van der Waals surface area contributed by atoms with E-state index >= 15 is 0 Å². The number of carbonyl (C=O) groups is 1. The van der Waals surface area contributed by atoms with Crippen LogP contribution >= 0.6 is 11.3 Å². The van der Waals surface area contributed by atoms with E-state index in [2.05, 4.69) is 39.1 Å².